The normalized spacial score (nSPS) is 10.5. The molecule has 0 bridgehead atoms. The third-order valence-electron chi connectivity index (χ3n) is 1.86. The molecule has 0 aliphatic rings. The summed E-state index contributed by atoms with van der Waals surface area (Å²) in [5.41, 5.74) is 5.14. The molecule has 66 valence electrons. The van der Waals surface area contributed by atoms with Gasteiger partial charge in [0.1, 0.15) is 11.6 Å². The second-order valence-electron chi connectivity index (χ2n) is 2.75. The quantitative estimate of drug-likeness (QED) is 0.637. The average molecular weight is 178 g/mol. The van der Waals surface area contributed by atoms with Crippen molar-refractivity contribution < 1.29 is 4.39 Å². The minimum atomic E-state index is -0.425. The van der Waals surface area contributed by atoms with Gasteiger partial charge in [-0.1, -0.05) is 12.1 Å². The number of nitrogens with one attached hydrogen (secondary N) is 1. The lowest BCUT2D eigenvalue weighted by atomic mass is 10.1. The van der Waals surface area contributed by atoms with Crippen LogP contribution in [-0.2, 0) is 0 Å². The first-order valence-corrected chi connectivity index (χ1v) is 3.75. The van der Waals surface area contributed by atoms with E-state index in [2.05, 4.69) is 4.98 Å². The van der Waals surface area contributed by atoms with Crippen molar-refractivity contribution in [1.29, 1.82) is 0 Å². The van der Waals surface area contributed by atoms with Gasteiger partial charge < -0.3 is 10.7 Å². The summed E-state index contributed by atoms with van der Waals surface area (Å²) in [7, 11) is 0. The summed E-state index contributed by atoms with van der Waals surface area (Å²) in [5, 5.41) is 0.781. The molecular formula is C9H7FN2O. The van der Waals surface area contributed by atoms with Crippen molar-refractivity contribution in [2.24, 2.45) is 0 Å². The number of halogens is 1. The van der Waals surface area contributed by atoms with E-state index in [0.717, 1.165) is 0 Å². The zero-order valence-corrected chi connectivity index (χ0v) is 6.67. The molecule has 0 saturated heterocycles. The Bertz CT molecular complexity index is 518. The van der Waals surface area contributed by atoms with Crippen LogP contribution in [0.2, 0.25) is 0 Å². The average Bonchev–Trinajstić information content (AvgIpc) is 2.02. The van der Waals surface area contributed by atoms with E-state index in [1.807, 2.05) is 0 Å². The largest absolute Gasteiger partial charge is 0.385 e. The Morgan fingerprint density at radius 2 is 2.15 bits per heavy atom. The number of H-pyrrole nitrogens is 1. The number of anilines is 1. The Labute approximate surface area is 73.0 Å². The van der Waals surface area contributed by atoms with E-state index in [1.54, 1.807) is 6.07 Å². The molecule has 0 spiro atoms. The van der Waals surface area contributed by atoms with Gasteiger partial charge in [-0.25, -0.2) is 4.39 Å². The smallest absolute Gasteiger partial charge is 0.250 e. The molecule has 0 aliphatic carbocycles. The van der Waals surface area contributed by atoms with Crippen LogP contribution < -0.4 is 11.3 Å². The molecule has 1 aromatic heterocycles. The number of nitrogen functional groups attached to an aromatic ring is 1. The Morgan fingerprint density at radius 3 is 2.92 bits per heavy atom. The highest BCUT2D eigenvalue weighted by molar-refractivity contribution is 5.91. The minimum absolute atomic E-state index is 0.0700. The molecule has 0 radical (unpaired) electrons. The highest BCUT2D eigenvalue weighted by Gasteiger charge is 2.04. The fourth-order valence-electron chi connectivity index (χ4n) is 1.32. The number of pyridine rings is 1. The topological polar surface area (TPSA) is 58.9 Å². The van der Waals surface area contributed by atoms with Crippen LogP contribution >= 0.6 is 0 Å². The van der Waals surface area contributed by atoms with Crippen molar-refractivity contribution in [3.8, 4) is 0 Å². The molecular weight excluding hydrogens is 171 g/mol. The number of benzene rings is 1. The lowest BCUT2D eigenvalue weighted by Gasteiger charge is -2.01. The van der Waals surface area contributed by atoms with E-state index in [9.17, 15) is 9.18 Å². The summed E-state index contributed by atoms with van der Waals surface area (Å²) < 4.78 is 13.2. The van der Waals surface area contributed by atoms with Gasteiger partial charge in [-0.3, -0.25) is 4.79 Å². The Kier molecular flexibility index (Phi) is 1.55. The molecule has 3 nitrogen and oxygen atoms in total. The summed E-state index contributed by atoms with van der Waals surface area (Å²) >= 11 is 0. The van der Waals surface area contributed by atoms with E-state index in [1.165, 1.54) is 18.2 Å². The first-order chi connectivity index (χ1) is 6.18. The van der Waals surface area contributed by atoms with E-state index in [-0.39, 0.29) is 16.8 Å². The fraction of sp³-hybridized carbons (Fsp3) is 0. The maximum Gasteiger partial charge on any atom is 0.250 e. The van der Waals surface area contributed by atoms with Gasteiger partial charge in [0.15, 0.2) is 0 Å². The Hall–Kier alpha value is -1.84. The molecule has 0 atom stereocenters. The number of nitrogens with two attached hydrogens (primary N) is 1. The molecule has 13 heavy (non-hydrogen) atoms. The van der Waals surface area contributed by atoms with Gasteiger partial charge >= 0.3 is 0 Å². The van der Waals surface area contributed by atoms with Crippen molar-refractivity contribution in [2.45, 2.75) is 0 Å². The number of fused-ring (bicyclic) bond motifs is 1. The van der Waals surface area contributed by atoms with Crippen molar-refractivity contribution in [2.75, 3.05) is 5.73 Å². The monoisotopic (exact) mass is 178 g/mol. The van der Waals surface area contributed by atoms with E-state index in [4.69, 9.17) is 5.73 Å². The summed E-state index contributed by atoms with van der Waals surface area (Å²) in [6.07, 6.45) is 0. The third-order valence-corrected chi connectivity index (χ3v) is 1.86. The molecule has 0 aliphatic heterocycles. The van der Waals surface area contributed by atoms with Crippen LogP contribution in [0.3, 0.4) is 0 Å². The molecule has 0 fully saturated rings. The predicted molar refractivity (Wildman–Crippen MR) is 48.9 cm³/mol. The van der Waals surface area contributed by atoms with Crippen LogP contribution in [-0.4, -0.2) is 4.98 Å². The minimum Gasteiger partial charge on any atom is -0.385 e. The van der Waals surface area contributed by atoms with Gasteiger partial charge in [-0.15, -0.1) is 0 Å². The first kappa shape index (κ1) is 7.79. The Balaban J connectivity index is 3.03. The van der Waals surface area contributed by atoms with Crippen molar-refractivity contribution in [3.63, 3.8) is 0 Å². The molecule has 2 aromatic rings. The van der Waals surface area contributed by atoms with Crippen molar-refractivity contribution >= 4 is 16.6 Å². The van der Waals surface area contributed by atoms with Crippen LogP contribution in [0.25, 0.3) is 10.8 Å². The number of hydrogen-bond acceptors (Lipinski definition) is 2. The number of aromatic amines is 1. The summed E-state index contributed by atoms with van der Waals surface area (Å²) in [4.78, 5) is 13.3. The van der Waals surface area contributed by atoms with Gasteiger partial charge in [-0.05, 0) is 11.5 Å². The molecule has 0 amide bonds. The molecule has 1 aromatic carbocycles. The summed E-state index contributed by atoms with van der Waals surface area (Å²) in [6.45, 7) is 0. The summed E-state index contributed by atoms with van der Waals surface area (Å²) in [6, 6.07) is 5.80. The van der Waals surface area contributed by atoms with Crippen molar-refractivity contribution in [1.82, 2.24) is 4.98 Å². The van der Waals surface area contributed by atoms with Gasteiger partial charge in [-0.2, -0.15) is 0 Å². The van der Waals surface area contributed by atoms with E-state index in [0.29, 0.717) is 5.39 Å². The van der Waals surface area contributed by atoms with E-state index >= 15 is 0 Å². The van der Waals surface area contributed by atoms with Crippen LogP contribution in [0.4, 0.5) is 10.2 Å². The third kappa shape index (κ3) is 1.16. The second kappa shape index (κ2) is 2.58. The second-order valence-corrected chi connectivity index (χ2v) is 2.75. The van der Waals surface area contributed by atoms with Crippen LogP contribution in [0.5, 0.6) is 0 Å². The highest BCUT2D eigenvalue weighted by Crippen LogP contribution is 2.19. The maximum atomic E-state index is 13.2. The summed E-state index contributed by atoms with van der Waals surface area (Å²) in [5.74, 6) is -0.355. The molecule has 0 unspecified atom stereocenters. The molecule has 0 saturated carbocycles. The zero-order valence-electron chi connectivity index (χ0n) is 6.67. The SMILES string of the molecule is Nc1[nH]c(=O)cc2cccc(F)c12. The number of hydrogen-bond donors (Lipinski definition) is 2. The van der Waals surface area contributed by atoms with Gasteiger partial charge in [0.2, 0.25) is 5.56 Å². The van der Waals surface area contributed by atoms with Gasteiger partial charge in [0.25, 0.3) is 0 Å². The molecule has 1 heterocycles. The van der Waals surface area contributed by atoms with Crippen LogP contribution in [0.1, 0.15) is 0 Å². The van der Waals surface area contributed by atoms with Gasteiger partial charge in [0, 0.05) is 6.07 Å². The van der Waals surface area contributed by atoms with Crippen molar-refractivity contribution in [3.05, 3.63) is 40.4 Å². The fourth-order valence-corrected chi connectivity index (χ4v) is 1.32. The lowest BCUT2D eigenvalue weighted by Crippen LogP contribution is -2.07. The molecule has 2 rings (SSSR count). The first-order valence-electron chi connectivity index (χ1n) is 3.75. The molecule has 4 heteroatoms. The highest BCUT2D eigenvalue weighted by atomic mass is 19.1. The maximum absolute atomic E-state index is 13.2. The van der Waals surface area contributed by atoms with Crippen LogP contribution in [0, 0.1) is 5.82 Å². The number of aromatic nitrogens is 1. The lowest BCUT2D eigenvalue weighted by molar-refractivity contribution is 0.640. The van der Waals surface area contributed by atoms with Gasteiger partial charge in [0.05, 0.1) is 5.39 Å². The Morgan fingerprint density at radius 1 is 1.38 bits per heavy atom. The zero-order chi connectivity index (χ0) is 9.42. The van der Waals surface area contributed by atoms with Crippen LogP contribution in [0.15, 0.2) is 29.1 Å². The predicted octanol–water partition coefficient (Wildman–Crippen LogP) is 1.25. The molecule has 3 N–H and O–H groups in total. The number of rotatable bonds is 0. The standard InChI is InChI=1S/C9H7FN2O/c10-6-3-1-2-5-4-7(13)12-9(11)8(5)6/h1-4H,(H3,11,12,13). The van der Waals surface area contributed by atoms with E-state index < -0.39 is 5.82 Å².